The van der Waals surface area contributed by atoms with E-state index in [-0.39, 0.29) is 5.91 Å². The highest BCUT2D eigenvalue weighted by atomic mass is 16.4. The van der Waals surface area contributed by atoms with Gasteiger partial charge in [-0.1, -0.05) is 30.3 Å². The Bertz CT molecular complexity index is 444. The summed E-state index contributed by atoms with van der Waals surface area (Å²) < 4.78 is 0. The van der Waals surface area contributed by atoms with E-state index >= 15 is 0 Å². The summed E-state index contributed by atoms with van der Waals surface area (Å²) in [5.74, 6) is -1.10. The van der Waals surface area contributed by atoms with Crippen LogP contribution in [0.4, 0.5) is 0 Å². The lowest BCUT2D eigenvalue weighted by molar-refractivity contribution is -0.147. The van der Waals surface area contributed by atoms with E-state index in [9.17, 15) is 14.7 Å². The van der Waals surface area contributed by atoms with E-state index in [1.54, 1.807) is 0 Å². The molecule has 0 spiro atoms. The molecule has 1 aromatic carbocycles. The molecule has 2 rings (SSSR count). The maximum atomic E-state index is 11.6. The molecule has 1 saturated heterocycles. The van der Waals surface area contributed by atoms with Gasteiger partial charge in [0.25, 0.3) is 0 Å². The van der Waals surface area contributed by atoms with E-state index in [0.29, 0.717) is 19.3 Å². The number of nitrogens with one attached hydrogen (secondary N) is 1. The van der Waals surface area contributed by atoms with Crippen LogP contribution in [-0.4, -0.2) is 22.5 Å². The molecule has 96 valence electrons. The molecule has 1 amide bonds. The number of hydrogen-bond acceptors (Lipinski definition) is 2. The van der Waals surface area contributed by atoms with Crippen molar-refractivity contribution in [1.29, 1.82) is 0 Å². The second kappa shape index (κ2) is 5.21. The van der Waals surface area contributed by atoms with Crippen LogP contribution in [0.1, 0.15) is 31.2 Å². The third kappa shape index (κ3) is 2.70. The Morgan fingerprint density at radius 1 is 1.28 bits per heavy atom. The molecular formula is C14H17NO3. The fourth-order valence-corrected chi connectivity index (χ4v) is 2.42. The third-order valence-corrected chi connectivity index (χ3v) is 3.39. The van der Waals surface area contributed by atoms with Crippen molar-refractivity contribution >= 4 is 11.9 Å². The van der Waals surface area contributed by atoms with E-state index in [1.165, 1.54) is 0 Å². The predicted molar refractivity (Wildman–Crippen MR) is 67.1 cm³/mol. The molecule has 1 aliphatic rings. The zero-order valence-electron chi connectivity index (χ0n) is 10.2. The number of rotatable bonds is 3. The molecule has 0 unspecified atom stereocenters. The first-order valence-electron chi connectivity index (χ1n) is 6.21. The molecule has 1 atom stereocenters. The lowest BCUT2D eigenvalue weighted by Gasteiger charge is -2.29. The number of aliphatic carboxylic acids is 1. The lowest BCUT2D eigenvalue weighted by atomic mass is 9.86. The average molecular weight is 247 g/mol. The summed E-state index contributed by atoms with van der Waals surface area (Å²) in [6.07, 6.45) is 2.77. The topological polar surface area (TPSA) is 66.4 Å². The number of hydrogen-bond donors (Lipinski definition) is 2. The Labute approximate surface area is 106 Å². The Kier molecular flexibility index (Phi) is 3.65. The van der Waals surface area contributed by atoms with Gasteiger partial charge in [-0.15, -0.1) is 0 Å². The van der Waals surface area contributed by atoms with Crippen molar-refractivity contribution < 1.29 is 14.7 Å². The second-order valence-corrected chi connectivity index (χ2v) is 4.80. The van der Waals surface area contributed by atoms with Gasteiger partial charge in [-0.2, -0.15) is 0 Å². The first kappa shape index (κ1) is 12.6. The largest absolute Gasteiger partial charge is 0.479 e. The van der Waals surface area contributed by atoms with Crippen LogP contribution >= 0.6 is 0 Å². The number of carbonyl (C=O) groups is 2. The standard InChI is InChI=1S/C14H17NO3/c16-12-8-4-5-9-14(15-12,13(17)18)10-11-6-2-1-3-7-11/h1-3,6-7H,4-5,8-10H2,(H,15,16)(H,17,18)/t14-/m0/s1. The smallest absolute Gasteiger partial charge is 0.329 e. The molecule has 18 heavy (non-hydrogen) atoms. The minimum atomic E-state index is -1.14. The minimum absolute atomic E-state index is 0.161. The summed E-state index contributed by atoms with van der Waals surface area (Å²) in [4.78, 5) is 23.2. The maximum absolute atomic E-state index is 11.6. The van der Waals surface area contributed by atoms with Crippen LogP contribution in [0.25, 0.3) is 0 Å². The highest BCUT2D eigenvalue weighted by molar-refractivity contribution is 5.87. The molecule has 1 heterocycles. The zero-order valence-corrected chi connectivity index (χ0v) is 10.2. The van der Waals surface area contributed by atoms with Gasteiger partial charge < -0.3 is 10.4 Å². The van der Waals surface area contributed by atoms with Crippen molar-refractivity contribution in [3.05, 3.63) is 35.9 Å². The average Bonchev–Trinajstić information content (AvgIpc) is 2.53. The van der Waals surface area contributed by atoms with E-state index in [0.717, 1.165) is 18.4 Å². The van der Waals surface area contributed by atoms with Crippen LogP contribution in [-0.2, 0) is 16.0 Å². The number of benzene rings is 1. The van der Waals surface area contributed by atoms with E-state index in [1.807, 2.05) is 30.3 Å². The summed E-state index contributed by atoms with van der Waals surface area (Å²) in [7, 11) is 0. The number of amides is 1. The molecule has 0 aliphatic carbocycles. The third-order valence-electron chi connectivity index (χ3n) is 3.39. The van der Waals surface area contributed by atoms with Gasteiger partial charge in [-0.3, -0.25) is 4.79 Å². The maximum Gasteiger partial charge on any atom is 0.329 e. The Morgan fingerprint density at radius 2 is 2.00 bits per heavy atom. The molecule has 0 radical (unpaired) electrons. The monoisotopic (exact) mass is 247 g/mol. The normalized spacial score (nSPS) is 24.1. The van der Waals surface area contributed by atoms with Crippen LogP contribution in [0.5, 0.6) is 0 Å². The molecule has 1 fully saturated rings. The predicted octanol–water partition coefficient (Wildman–Crippen LogP) is 1.74. The molecule has 1 aliphatic heterocycles. The number of carboxylic acid groups (broad SMARTS) is 1. The molecule has 1 aromatic rings. The molecule has 0 aromatic heterocycles. The molecule has 4 nitrogen and oxygen atoms in total. The van der Waals surface area contributed by atoms with Crippen molar-refractivity contribution in [3.8, 4) is 0 Å². The first-order chi connectivity index (χ1) is 8.62. The van der Waals surface area contributed by atoms with E-state index in [2.05, 4.69) is 5.32 Å². The SMILES string of the molecule is O=C1CCCC[C@](Cc2ccccc2)(C(=O)O)N1. The summed E-state index contributed by atoms with van der Waals surface area (Å²) >= 11 is 0. The van der Waals surface area contributed by atoms with Gasteiger partial charge in [0, 0.05) is 12.8 Å². The first-order valence-corrected chi connectivity index (χ1v) is 6.21. The van der Waals surface area contributed by atoms with Crippen LogP contribution < -0.4 is 5.32 Å². The molecule has 2 N–H and O–H groups in total. The van der Waals surface area contributed by atoms with Gasteiger partial charge in [0.1, 0.15) is 5.54 Å². The molecule has 0 saturated carbocycles. The second-order valence-electron chi connectivity index (χ2n) is 4.80. The van der Waals surface area contributed by atoms with Crippen molar-refractivity contribution in [2.75, 3.05) is 0 Å². The molecular weight excluding hydrogens is 230 g/mol. The Balaban J connectivity index is 2.26. The zero-order chi connectivity index (χ0) is 13.0. The molecule has 4 heteroatoms. The van der Waals surface area contributed by atoms with Crippen LogP contribution in [0.15, 0.2) is 30.3 Å². The van der Waals surface area contributed by atoms with Gasteiger partial charge >= 0.3 is 5.97 Å². The fraction of sp³-hybridized carbons (Fsp3) is 0.429. The van der Waals surface area contributed by atoms with Crippen molar-refractivity contribution in [2.24, 2.45) is 0 Å². The van der Waals surface area contributed by atoms with E-state index < -0.39 is 11.5 Å². The summed E-state index contributed by atoms with van der Waals surface area (Å²) in [6.45, 7) is 0. The summed E-state index contributed by atoms with van der Waals surface area (Å²) in [6, 6.07) is 9.43. The van der Waals surface area contributed by atoms with Crippen molar-refractivity contribution in [3.63, 3.8) is 0 Å². The number of carboxylic acids is 1. The van der Waals surface area contributed by atoms with Crippen molar-refractivity contribution in [2.45, 2.75) is 37.6 Å². The van der Waals surface area contributed by atoms with Gasteiger partial charge in [0.15, 0.2) is 0 Å². The van der Waals surface area contributed by atoms with Gasteiger partial charge in [0.05, 0.1) is 0 Å². The van der Waals surface area contributed by atoms with Gasteiger partial charge in [-0.05, 0) is 24.8 Å². The quantitative estimate of drug-likeness (QED) is 0.855. The van der Waals surface area contributed by atoms with Gasteiger partial charge in [-0.25, -0.2) is 4.79 Å². The van der Waals surface area contributed by atoms with Crippen LogP contribution in [0.2, 0.25) is 0 Å². The van der Waals surface area contributed by atoms with Gasteiger partial charge in [0.2, 0.25) is 5.91 Å². The summed E-state index contributed by atoms with van der Waals surface area (Å²) in [5, 5.41) is 12.2. The summed E-state index contributed by atoms with van der Waals surface area (Å²) in [5.41, 5.74) is -0.211. The van der Waals surface area contributed by atoms with Crippen LogP contribution in [0.3, 0.4) is 0 Å². The Hall–Kier alpha value is -1.84. The number of carbonyl (C=O) groups excluding carboxylic acids is 1. The minimum Gasteiger partial charge on any atom is -0.479 e. The molecule has 0 bridgehead atoms. The highest BCUT2D eigenvalue weighted by Gasteiger charge is 2.40. The fourth-order valence-electron chi connectivity index (χ4n) is 2.42. The van der Waals surface area contributed by atoms with Crippen molar-refractivity contribution in [1.82, 2.24) is 5.32 Å². The van der Waals surface area contributed by atoms with E-state index in [4.69, 9.17) is 0 Å². The van der Waals surface area contributed by atoms with Crippen LogP contribution in [0, 0.1) is 0 Å². The highest BCUT2D eigenvalue weighted by Crippen LogP contribution is 2.24. The lowest BCUT2D eigenvalue weighted by Crippen LogP contribution is -2.55. The Morgan fingerprint density at radius 3 is 2.67 bits per heavy atom.